The van der Waals surface area contributed by atoms with E-state index in [1.165, 1.54) is 6.92 Å². The summed E-state index contributed by atoms with van der Waals surface area (Å²) in [5.41, 5.74) is 2.73. The van der Waals surface area contributed by atoms with Crippen LogP contribution in [-0.4, -0.2) is 29.8 Å². The summed E-state index contributed by atoms with van der Waals surface area (Å²) < 4.78 is 1.70. The predicted molar refractivity (Wildman–Crippen MR) is 115 cm³/mol. The number of carbonyl (C=O) groups excluding carboxylic acids is 2. The quantitative estimate of drug-likeness (QED) is 0.572. The predicted octanol–water partition coefficient (Wildman–Crippen LogP) is 4.31. The molecule has 0 aliphatic heterocycles. The lowest BCUT2D eigenvalue weighted by atomic mass is 10.1. The Kier molecular flexibility index (Phi) is 8.47. The summed E-state index contributed by atoms with van der Waals surface area (Å²) in [6.45, 7) is 5.54. The van der Waals surface area contributed by atoms with Gasteiger partial charge in [0.2, 0.25) is 11.8 Å². The van der Waals surface area contributed by atoms with Crippen molar-refractivity contribution in [2.45, 2.75) is 26.9 Å². The third-order valence-corrected chi connectivity index (χ3v) is 5.06. The van der Waals surface area contributed by atoms with Crippen LogP contribution < -0.4 is 10.6 Å². The van der Waals surface area contributed by atoms with Crippen LogP contribution in [-0.2, 0) is 22.7 Å². The molecular formula is C20H23Br2N3O2. The lowest BCUT2D eigenvalue weighted by Crippen LogP contribution is -2.36. The first-order valence-electron chi connectivity index (χ1n) is 8.67. The van der Waals surface area contributed by atoms with Crippen molar-refractivity contribution in [3.63, 3.8) is 0 Å². The zero-order valence-electron chi connectivity index (χ0n) is 15.4. The summed E-state index contributed by atoms with van der Waals surface area (Å²) in [5, 5.41) is 5.81. The molecular weight excluding hydrogens is 474 g/mol. The van der Waals surface area contributed by atoms with Crippen LogP contribution in [0.25, 0.3) is 0 Å². The van der Waals surface area contributed by atoms with Gasteiger partial charge in [0.25, 0.3) is 0 Å². The topological polar surface area (TPSA) is 61.4 Å². The third kappa shape index (κ3) is 7.08. The summed E-state index contributed by atoms with van der Waals surface area (Å²) in [5.74, 6) is -0.168. The second kappa shape index (κ2) is 10.6. The number of benzene rings is 2. The monoisotopic (exact) mass is 495 g/mol. The molecule has 7 heteroatoms. The molecule has 0 atom stereocenters. The van der Waals surface area contributed by atoms with Crippen molar-refractivity contribution < 1.29 is 9.59 Å². The average molecular weight is 497 g/mol. The fourth-order valence-electron chi connectivity index (χ4n) is 2.64. The number of halogens is 2. The van der Waals surface area contributed by atoms with Gasteiger partial charge in [-0.3, -0.25) is 14.5 Å². The normalized spacial score (nSPS) is 10.7. The van der Waals surface area contributed by atoms with E-state index in [-0.39, 0.29) is 18.4 Å². The molecule has 0 bridgehead atoms. The van der Waals surface area contributed by atoms with Crippen molar-refractivity contribution >= 4 is 49.4 Å². The molecule has 0 saturated carbocycles. The molecule has 0 aliphatic rings. The number of hydrogen-bond acceptors (Lipinski definition) is 3. The number of hydrogen-bond donors (Lipinski definition) is 2. The zero-order valence-corrected chi connectivity index (χ0v) is 18.6. The number of amides is 2. The SMILES string of the molecule is CCN(CC(=O)NCc1ccccc1)Cc1cc(Br)cc(Br)c1NC(C)=O. The van der Waals surface area contributed by atoms with E-state index in [9.17, 15) is 9.59 Å². The van der Waals surface area contributed by atoms with Crippen LogP contribution in [0.3, 0.4) is 0 Å². The highest BCUT2D eigenvalue weighted by Gasteiger charge is 2.15. The molecule has 0 radical (unpaired) electrons. The van der Waals surface area contributed by atoms with Gasteiger partial charge < -0.3 is 10.6 Å². The van der Waals surface area contributed by atoms with E-state index in [1.54, 1.807) is 0 Å². The van der Waals surface area contributed by atoms with Gasteiger partial charge in [-0.25, -0.2) is 0 Å². The standard InChI is InChI=1S/C20H23Br2N3O2/c1-3-25(13-19(27)23-11-15-7-5-4-6-8-15)12-16-9-17(21)10-18(22)20(16)24-14(2)26/h4-10H,3,11-13H2,1-2H3,(H,23,27)(H,24,26). The molecule has 0 aliphatic carbocycles. The summed E-state index contributed by atoms with van der Waals surface area (Å²) in [4.78, 5) is 25.9. The molecule has 0 spiro atoms. The maximum atomic E-state index is 12.3. The van der Waals surface area contributed by atoms with Gasteiger partial charge in [-0.15, -0.1) is 0 Å². The molecule has 2 amide bonds. The lowest BCUT2D eigenvalue weighted by Gasteiger charge is -2.22. The van der Waals surface area contributed by atoms with E-state index in [0.717, 1.165) is 25.8 Å². The first-order chi connectivity index (χ1) is 12.9. The highest BCUT2D eigenvalue weighted by Crippen LogP contribution is 2.31. The molecule has 2 aromatic carbocycles. The molecule has 0 saturated heterocycles. The van der Waals surface area contributed by atoms with Crippen LogP contribution in [0.2, 0.25) is 0 Å². The second-order valence-corrected chi connectivity index (χ2v) is 7.94. The van der Waals surface area contributed by atoms with Crippen LogP contribution in [0, 0.1) is 0 Å². The van der Waals surface area contributed by atoms with Gasteiger partial charge in [-0.2, -0.15) is 0 Å². The molecule has 27 heavy (non-hydrogen) atoms. The number of anilines is 1. The van der Waals surface area contributed by atoms with Crippen molar-refractivity contribution in [2.24, 2.45) is 0 Å². The zero-order chi connectivity index (χ0) is 19.8. The Bertz CT molecular complexity index is 797. The molecule has 2 rings (SSSR count). The highest BCUT2D eigenvalue weighted by molar-refractivity contribution is 9.11. The van der Waals surface area contributed by atoms with Crippen molar-refractivity contribution in [3.05, 3.63) is 62.5 Å². The molecule has 0 fully saturated rings. The third-order valence-electron chi connectivity index (χ3n) is 3.98. The van der Waals surface area contributed by atoms with E-state index in [2.05, 4.69) is 42.5 Å². The van der Waals surface area contributed by atoms with Gasteiger partial charge in [-0.1, -0.05) is 53.2 Å². The van der Waals surface area contributed by atoms with Crippen LogP contribution in [0.15, 0.2) is 51.4 Å². The van der Waals surface area contributed by atoms with Crippen LogP contribution >= 0.6 is 31.9 Å². The van der Waals surface area contributed by atoms with Crippen LogP contribution in [0.5, 0.6) is 0 Å². The summed E-state index contributed by atoms with van der Waals surface area (Å²) in [6.07, 6.45) is 0. The molecule has 0 aromatic heterocycles. The highest BCUT2D eigenvalue weighted by atomic mass is 79.9. The Morgan fingerprint density at radius 1 is 1.11 bits per heavy atom. The van der Waals surface area contributed by atoms with Gasteiger partial charge >= 0.3 is 0 Å². The Balaban J connectivity index is 2.03. The lowest BCUT2D eigenvalue weighted by molar-refractivity contribution is -0.122. The van der Waals surface area contributed by atoms with Crippen LogP contribution in [0.4, 0.5) is 5.69 Å². The summed E-state index contributed by atoms with van der Waals surface area (Å²) in [7, 11) is 0. The van der Waals surface area contributed by atoms with E-state index in [0.29, 0.717) is 19.6 Å². The smallest absolute Gasteiger partial charge is 0.234 e. The Morgan fingerprint density at radius 2 is 1.81 bits per heavy atom. The first-order valence-corrected chi connectivity index (χ1v) is 10.3. The number of nitrogens with one attached hydrogen (secondary N) is 2. The second-order valence-electron chi connectivity index (χ2n) is 6.17. The van der Waals surface area contributed by atoms with E-state index in [1.807, 2.05) is 54.3 Å². The van der Waals surface area contributed by atoms with Gasteiger partial charge in [0.1, 0.15) is 0 Å². The Labute approximate surface area is 176 Å². The van der Waals surface area contributed by atoms with Crippen molar-refractivity contribution in [2.75, 3.05) is 18.4 Å². The fourth-order valence-corrected chi connectivity index (χ4v) is 4.06. The maximum absolute atomic E-state index is 12.3. The molecule has 0 unspecified atom stereocenters. The number of nitrogens with zero attached hydrogens (tertiary/aromatic N) is 1. The number of rotatable bonds is 8. The van der Waals surface area contributed by atoms with Gasteiger partial charge in [-0.05, 0) is 45.7 Å². The number of carbonyl (C=O) groups is 2. The first kappa shape index (κ1) is 21.6. The van der Waals surface area contributed by atoms with Crippen LogP contribution in [0.1, 0.15) is 25.0 Å². The Hall–Kier alpha value is -1.70. The number of likely N-dealkylation sites (N-methyl/N-ethyl adjacent to an activating group) is 1. The van der Waals surface area contributed by atoms with Crippen molar-refractivity contribution in [3.8, 4) is 0 Å². The minimum atomic E-state index is -0.136. The van der Waals surface area contributed by atoms with Crippen molar-refractivity contribution in [1.29, 1.82) is 0 Å². The van der Waals surface area contributed by atoms with Gasteiger partial charge in [0, 0.05) is 29.0 Å². The van der Waals surface area contributed by atoms with Gasteiger partial charge in [0.05, 0.1) is 12.2 Å². The average Bonchev–Trinajstić information content (AvgIpc) is 2.63. The Morgan fingerprint density at radius 3 is 2.44 bits per heavy atom. The molecule has 144 valence electrons. The summed E-state index contributed by atoms with van der Waals surface area (Å²) >= 11 is 6.98. The fraction of sp³-hybridized carbons (Fsp3) is 0.300. The minimum Gasteiger partial charge on any atom is -0.351 e. The minimum absolute atomic E-state index is 0.0316. The van der Waals surface area contributed by atoms with Gasteiger partial charge in [0.15, 0.2) is 0 Å². The largest absolute Gasteiger partial charge is 0.351 e. The summed E-state index contributed by atoms with van der Waals surface area (Å²) in [6, 6.07) is 13.7. The molecule has 2 N–H and O–H groups in total. The molecule has 5 nitrogen and oxygen atoms in total. The molecule has 0 heterocycles. The van der Waals surface area contributed by atoms with E-state index < -0.39 is 0 Å². The van der Waals surface area contributed by atoms with E-state index >= 15 is 0 Å². The maximum Gasteiger partial charge on any atom is 0.234 e. The van der Waals surface area contributed by atoms with Crippen molar-refractivity contribution in [1.82, 2.24) is 10.2 Å². The molecule has 2 aromatic rings. The van der Waals surface area contributed by atoms with E-state index in [4.69, 9.17) is 0 Å².